The Kier molecular flexibility index (Phi) is 32.8. The zero-order valence-electron chi connectivity index (χ0n) is 24.2. The first-order chi connectivity index (χ1) is 17.5. The molecule has 0 heterocycles. The van der Waals surface area contributed by atoms with Crippen LogP contribution in [0.3, 0.4) is 0 Å². The Labute approximate surface area is 226 Å². The van der Waals surface area contributed by atoms with Crippen LogP contribution in [0.5, 0.6) is 0 Å². The second kappa shape index (κ2) is 30.5. The molecule has 0 fully saturated rings. The molecule has 0 aromatic carbocycles. The predicted molar refractivity (Wildman–Crippen MR) is 153 cm³/mol. The molecule has 7 nitrogen and oxygen atoms in total. The number of aliphatic hydroxyl groups is 3. The Morgan fingerprint density at radius 1 is 0.811 bits per heavy atom. The molecule has 0 spiro atoms. The first kappa shape index (κ1) is 39.8. The molecule has 0 aliphatic heterocycles. The molecular weight excluding hydrogens is 472 g/mol. The van der Waals surface area contributed by atoms with Crippen LogP contribution >= 0.6 is 0 Å². The summed E-state index contributed by atoms with van der Waals surface area (Å²) in [5.74, 6) is -1.41. The summed E-state index contributed by atoms with van der Waals surface area (Å²) < 4.78 is 0. The van der Waals surface area contributed by atoms with Crippen molar-refractivity contribution in [1.82, 2.24) is 0 Å². The van der Waals surface area contributed by atoms with E-state index in [2.05, 4.69) is 25.7 Å². The zero-order chi connectivity index (χ0) is 28.9. The molecule has 0 rings (SSSR count). The lowest BCUT2D eigenvalue weighted by Crippen LogP contribution is -2.25. The van der Waals surface area contributed by atoms with Gasteiger partial charge in [0.1, 0.15) is 0 Å². The van der Waals surface area contributed by atoms with E-state index in [1.165, 1.54) is 77.6 Å². The number of hydrogen-bond acceptors (Lipinski definition) is 5. The van der Waals surface area contributed by atoms with Crippen LogP contribution in [-0.4, -0.2) is 56.3 Å². The molecule has 0 radical (unpaired) electrons. The van der Waals surface area contributed by atoms with Gasteiger partial charge < -0.3 is 25.5 Å². The number of hydrogen-bond donors (Lipinski definition) is 5. The summed E-state index contributed by atoms with van der Waals surface area (Å²) in [6.45, 7) is 10.5. The van der Waals surface area contributed by atoms with Gasteiger partial charge in [-0.25, -0.2) is 4.79 Å². The SMILES string of the molecule is C=C(C)C(=O)O.CCC(C)C(O)CC(O)CO.CCCCCCCC/C=C\CCCCCCCC(=O)O. The highest BCUT2D eigenvalue weighted by Gasteiger charge is 2.15. The smallest absolute Gasteiger partial charge is 0.330 e. The molecule has 7 heteroatoms. The molecule has 220 valence electrons. The highest BCUT2D eigenvalue weighted by molar-refractivity contribution is 5.84. The lowest BCUT2D eigenvalue weighted by molar-refractivity contribution is -0.137. The average Bonchev–Trinajstić information content (AvgIpc) is 2.86. The Hall–Kier alpha value is -1.70. The standard InChI is InChI=1S/C18H34O2.C8H18O3.C4H6O2/c1-2-3-4-5-6-7-8-9-10-11-12-13-14-15-16-17-18(19)20;1-3-6(2)8(11)4-7(10)5-9;1-3(2)4(5)6/h9-10H,2-8,11-17H2,1H3,(H,19,20);6-11H,3-5H2,1-2H3;1H2,2H3,(H,5,6)/b10-9-;;. The van der Waals surface area contributed by atoms with Gasteiger partial charge in [-0.3, -0.25) is 4.79 Å². The lowest BCUT2D eigenvalue weighted by atomic mass is 9.97. The van der Waals surface area contributed by atoms with Crippen molar-refractivity contribution >= 4 is 11.9 Å². The van der Waals surface area contributed by atoms with E-state index in [0.29, 0.717) is 6.42 Å². The Morgan fingerprint density at radius 3 is 1.62 bits per heavy atom. The number of carboxylic acids is 2. The highest BCUT2D eigenvalue weighted by Crippen LogP contribution is 2.12. The van der Waals surface area contributed by atoms with Crippen LogP contribution in [0.2, 0.25) is 0 Å². The van der Waals surface area contributed by atoms with Crippen molar-refractivity contribution in [1.29, 1.82) is 0 Å². The molecule has 3 unspecified atom stereocenters. The quantitative estimate of drug-likeness (QED) is 0.0619. The van der Waals surface area contributed by atoms with Crippen LogP contribution < -0.4 is 0 Å². The molecule has 0 saturated heterocycles. The fourth-order valence-corrected chi connectivity index (χ4v) is 3.20. The lowest BCUT2D eigenvalue weighted by Gasteiger charge is -2.18. The topological polar surface area (TPSA) is 135 Å². The van der Waals surface area contributed by atoms with Crippen molar-refractivity contribution in [3.63, 3.8) is 0 Å². The van der Waals surface area contributed by atoms with Crippen molar-refractivity contribution in [3.8, 4) is 0 Å². The van der Waals surface area contributed by atoms with E-state index >= 15 is 0 Å². The molecule has 5 N–H and O–H groups in total. The van der Waals surface area contributed by atoms with Gasteiger partial charge >= 0.3 is 11.9 Å². The van der Waals surface area contributed by atoms with Gasteiger partial charge in [0.25, 0.3) is 0 Å². The van der Waals surface area contributed by atoms with E-state index in [1.807, 2.05) is 13.8 Å². The highest BCUT2D eigenvalue weighted by atomic mass is 16.4. The van der Waals surface area contributed by atoms with Crippen molar-refractivity contribution in [2.75, 3.05) is 6.61 Å². The fourth-order valence-electron chi connectivity index (χ4n) is 3.20. The normalized spacial score (nSPS) is 13.1. The third kappa shape index (κ3) is 36.5. The maximum atomic E-state index is 10.3. The molecule has 3 atom stereocenters. The molecule has 0 bridgehead atoms. The third-order valence-electron chi connectivity index (χ3n) is 6.04. The van der Waals surface area contributed by atoms with Crippen LogP contribution in [0.15, 0.2) is 24.3 Å². The van der Waals surface area contributed by atoms with Gasteiger partial charge in [0.15, 0.2) is 0 Å². The van der Waals surface area contributed by atoms with Gasteiger partial charge in [-0.1, -0.05) is 97.3 Å². The number of rotatable bonds is 21. The monoisotopic (exact) mass is 530 g/mol. The summed E-state index contributed by atoms with van der Waals surface area (Å²) in [7, 11) is 0. The van der Waals surface area contributed by atoms with Crippen LogP contribution in [0.25, 0.3) is 0 Å². The number of carboxylic acid groups (broad SMARTS) is 2. The summed E-state index contributed by atoms with van der Waals surface area (Å²) in [5, 5.41) is 43.2. The first-order valence-corrected chi connectivity index (χ1v) is 14.3. The molecule has 37 heavy (non-hydrogen) atoms. The van der Waals surface area contributed by atoms with Gasteiger partial charge in [0.2, 0.25) is 0 Å². The molecule has 0 aromatic rings. The second-order valence-electron chi connectivity index (χ2n) is 9.84. The minimum Gasteiger partial charge on any atom is -0.481 e. The van der Waals surface area contributed by atoms with E-state index < -0.39 is 24.1 Å². The summed E-state index contributed by atoms with van der Waals surface area (Å²) >= 11 is 0. The summed E-state index contributed by atoms with van der Waals surface area (Å²) in [5.41, 5.74) is 0.176. The third-order valence-corrected chi connectivity index (χ3v) is 6.04. The Bertz CT molecular complexity index is 548. The molecular formula is C30H58O7. The average molecular weight is 531 g/mol. The maximum absolute atomic E-state index is 10.3. The number of carbonyl (C=O) groups is 2. The van der Waals surface area contributed by atoms with E-state index in [1.54, 1.807) is 0 Å². The van der Waals surface area contributed by atoms with Crippen LogP contribution in [0.4, 0.5) is 0 Å². The zero-order valence-corrected chi connectivity index (χ0v) is 24.2. The largest absolute Gasteiger partial charge is 0.481 e. The summed E-state index contributed by atoms with van der Waals surface area (Å²) in [6.07, 6.45) is 21.1. The number of allylic oxidation sites excluding steroid dienone is 2. The first-order valence-electron chi connectivity index (χ1n) is 14.3. The minimum atomic E-state index is -0.935. The van der Waals surface area contributed by atoms with Crippen LogP contribution in [0, 0.1) is 5.92 Å². The number of aliphatic hydroxyl groups excluding tert-OH is 3. The van der Waals surface area contributed by atoms with Crippen molar-refractivity contribution in [2.45, 2.75) is 143 Å². The summed E-state index contributed by atoms with van der Waals surface area (Å²) in [4.78, 5) is 19.9. The Balaban J connectivity index is -0.000000566. The molecule has 0 saturated carbocycles. The van der Waals surface area contributed by atoms with Gasteiger partial charge in [-0.05, 0) is 44.9 Å². The van der Waals surface area contributed by atoms with Crippen LogP contribution in [-0.2, 0) is 9.59 Å². The summed E-state index contributed by atoms with van der Waals surface area (Å²) in [6, 6.07) is 0. The van der Waals surface area contributed by atoms with Crippen molar-refractivity contribution in [3.05, 3.63) is 24.3 Å². The van der Waals surface area contributed by atoms with Crippen molar-refractivity contribution in [2.24, 2.45) is 5.92 Å². The van der Waals surface area contributed by atoms with E-state index in [0.717, 1.165) is 19.3 Å². The molecule has 0 aliphatic rings. The van der Waals surface area contributed by atoms with Crippen LogP contribution in [0.1, 0.15) is 130 Å². The number of unbranched alkanes of at least 4 members (excludes halogenated alkanes) is 11. The molecule has 0 amide bonds. The van der Waals surface area contributed by atoms with Gasteiger partial charge in [0.05, 0.1) is 18.8 Å². The Morgan fingerprint density at radius 2 is 1.24 bits per heavy atom. The predicted octanol–water partition coefficient (Wildman–Crippen LogP) is 6.89. The van der Waals surface area contributed by atoms with Crippen molar-refractivity contribution < 1.29 is 35.1 Å². The second-order valence-corrected chi connectivity index (χ2v) is 9.84. The van der Waals surface area contributed by atoms with E-state index in [4.69, 9.17) is 20.4 Å². The fraction of sp³-hybridized carbons (Fsp3) is 0.800. The van der Waals surface area contributed by atoms with E-state index in [-0.39, 0.29) is 24.5 Å². The van der Waals surface area contributed by atoms with Gasteiger partial charge in [-0.15, -0.1) is 0 Å². The maximum Gasteiger partial charge on any atom is 0.330 e. The van der Waals surface area contributed by atoms with E-state index in [9.17, 15) is 14.7 Å². The molecule has 0 aromatic heterocycles. The number of aliphatic carboxylic acids is 2. The molecule has 0 aliphatic carbocycles. The minimum absolute atomic E-state index is 0.176. The van der Waals surface area contributed by atoms with Gasteiger partial charge in [0, 0.05) is 18.4 Å². The van der Waals surface area contributed by atoms with Gasteiger partial charge in [-0.2, -0.15) is 0 Å².